The van der Waals surface area contributed by atoms with Crippen molar-refractivity contribution in [3.8, 4) is 5.75 Å². The molecule has 0 amide bonds. The third-order valence-electron chi connectivity index (χ3n) is 3.01. The first kappa shape index (κ1) is 13.6. The van der Waals surface area contributed by atoms with Crippen molar-refractivity contribution in [2.75, 3.05) is 19.5 Å². The van der Waals surface area contributed by atoms with Gasteiger partial charge in [0.1, 0.15) is 12.3 Å². The number of methoxy groups -OCH3 is 1. The Balaban J connectivity index is 2.47. The summed E-state index contributed by atoms with van der Waals surface area (Å²) in [6.07, 6.45) is -2.51. The average molecular weight is 273 g/mol. The maximum absolute atomic E-state index is 11.8. The van der Waals surface area contributed by atoms with Gasteiger partial charge in [0.05, 0.1) is 19.8 Å². The van der Waals surface area contributed by atoms with Crippen LogP contribution in [0.2, 0.25) is 0 Å². The third-order valence-corrected chi connectivity index (χ3v) is 3.01. The number of nitrogens with zero attached hydrogens (tertiary/aromatic N) is 1. The Labute approximate surface area is 107 Å². The van der Waals surface area contributed by atoms with Crippen molar-refractivity contribution in [2.45, 2.75) is 24.9 Å². The van der Waals surface area contributed by atoms with Gasteiger partial charge in [-0.3, -0.25) is 9.78 Å². The number of nitrogens with one attached hydrogen (secondary N) is 1. The highest BCUT2D eigenvalue weighted by Crippen LogP contribution is 2.30. The summed E-state index contributed by atoms with van der Waals surface area (Å²) in [4.78, 5) is 25.3. The number of anilines is 1. The average Bonchev–Trinajstić information content (AvgIpc) is 2.70. The highest BCUT2D eigenvalue weighted by Gasteiger charge is 2.36. The van der Waals surface area contributed by atoms with Crippen LogP contribution in [0, 0.1) is 0 Å². The van der Waals surface area contributed by atoms with Gasteiger partial charge in [-0.1, -0.05) is 0 Å². The molecule has 0 bridgehead atoms. The van der Waals surface area contributed by atoms with Crippen LogP contribution >= 0.6 is 0 Å². The van der Waals surface area contributed by atoms with E-state index in [9.17, 15) is 14.7 Å². The maximum Gasteiger partial charge on any atom is 0.332 e. The Morgan fingerprint density at radius 2 is 2.26 bits per heavy atom. The first-order valence-corrected chi connectivity index (χ1v) is 5.62. The SMILES string of the molecule is COc1c(N)n([C@@H]2CC(O)[C@H](CO)O2)c(=O)[nH]c1=O. The molecular weight excluding hydrogens is 258 g/mol. The minimum absolute atomic E-state index is 0.0739. The van der Waals surface area contributed by atoms with Crippen molar-refractivity contribution >= 4 is 5.82 Å². The molecule has 0 aromatic carbocycles. The van der Waals surface area contributed by atoms with Crippen molar-refractivity contribution in [3.63, 3.8) is 0 Å². The monoisotopic (exact) mass is 273 g/mol. The lowest BCUT2D eigenvalue weighted by Gasteiger charge is -2.17. The molecule has 0 aliphatic carbocycles. The molecule has 9 heteroatoms. The van der Waals surface area contributed by atoms with E-state index in [2.05, 4.69) is 0 Å². The predicted molar refractivity (Wildman–Crippen MR) is 63.9 cm³/mol. The van der Waals surface area contributed by atoms with E-state index in [4.69, 9.17) is 20.3 Å². The molecule has 2 rings (SSSR count). The number of aliphatic hydroxyl groups excluding tert-OH is 2. The highest BCUT2D eigenvalue weighted by atomic mass is 16.5. The van der Waals surface area contributed by atoms with Gasteiger partial charge in [-0.2, -0.15) is 0 Å². The Hall–Kier alpha value is -1.84. The van der Waals surface area contributed by atoms with Crippen LogP contribution in [0.15, 0.2) is 9.59 Å². The van der Waals surface area contributed by atoms with E-state index < -0.39 is 29.7 Å². The van der Waals surface area contributed by atoms with Gasteiger partial charge in [0.25, 0.3) is 5.56 Å². The van der Waals surface area contributed by atoms with Crippen LogP contribution in [0.4, 0.5) is 5.82 Å². The molecule has 9 nitrogen and oxygen atoms in total. The van der Waals surface area contributed by atoms with Gasteiger partial charge in [0, 0.05) is 6.42 Å². The van der Waals surface area contributed by atoms with Crippen LogP contribution in [0.1, 0.15) is 12.6 Å². The third kappa shape index (κ3) is 2.23. The van der Waals surface area contributed by atoms with Crippen LogP contribution in [-0.4, -0.2) is 45.7 Å². The summed E-state index contributed by atoms with van der Waals surface area (Å²) in [6.45, 7) is -0.382. The second kappa shape index (κ2) is 5.03. The number of ether oxygens (including phenoxy) is 2. The topological polar surface area (TPSA) is 140 Å². The molecule has 5 N–H and O–H groups in total. The highest BCUT2D eigenvalue weighted by molar-refractivity contribution is 5.44. The van der Waals surface area contributed by atoms with Crippen molar-refractivity contribution in [1.29, 1.82) is 0 Å². The van der Waals surface area contributed by atoms with Crippen LogP contribution in [0.25, 0.3) is 0 Å². The van der Waals surface area contributed by atoms with Gasteiger partial charge in [-0.05, 0) is 0 Å². The molecular formula is C10H15N3O6. The van der Waals surface area contributed by atoms with E-state index in [-0.39, 0.29) is 24.6 Å². The maximum atomic E-state index is 11.8. The van der Waals surface area contributed by atoms with Gasteiger partial charge in [-0.15, -0.1) is 0 Å². The number of aliphatic hydroxyl groups is 2. The van der Waals surface area contributed by atoms with E-state index >= 15 is 0 Å². The number of hydrogen-bond acceptors (Lipinski definition) is 7. The number of aromatic nitrogens is 2. The fourth-order valence-corrected chi connectivity index (χ4v) is 2.07. The molecule has 19 heavy (non-hydrogen) atoms. The van der Waals surface area contributed by atoms with E-state index in [0.29, 0.717) is 0 Å². The van der Waals surface area contributed by atoms with Gasteiger partial charge < -0.3 is 25.4 Å². The van der Waals surface area contributed by atoms with E-state index in [1.807, 2.05) is 4.98 Å². The molecule has 1 saturated heterocycles. The van der Waals surface area contributed by atoms with Gasteiger partial charge in [0.2, 0.25) is 5.75 Å². The minimum atomic E-state index is -0.917. The zero-order chi connectivity index (χ0) is 14.2. The summed E-state index contributed by atoms with van der Waals surface area (Å²) >= 11 is 0. The lowest BCUT2D eigenvalue weighted by molar-refractivity contribution is -0.0452. The molecule has 3 atom stereocenters. The predicted octanol–water partition coefficient (Wildman–Crippen LogP) is -2.23. The van der Waals surface area contributed by atoms with Crippen molar-refractivity contribution in [1.82, 2.24) is 9.55 Å². The summed E-state index contributed by atoms with van der Waals surface area (Å²) in [5.74, 6) is -0.392. The zero-order valence-corrected chi connectivity index (χ0v) is 10.2. The molecule has 1 aromatic rings. The summed E-state index contributed by atoms with van der Waals surface area (Å²) in [6, 6.07) is 0. The normalized spacial score (nSPS) is 26.6. The molecule has 0 radical (unpaired) electrons. The molecule has 2 heterocycles. The number of rotatable bonds is 3. The minimum Gasteiger partial charge on any atom is -0.489 e. The fraction of sp³-hybridized carbons (Fsp3) is 0.600. The Kier molecular flexibility index (Phi) is 3.60. The first-order valence-electron chi connectivity index (χ1n) is 5.62. The lowest BCUT2D eigenvalue weighted by Crippen LogP contribution is -2.35. The number of nitrogens with two attached hydrogens (primary N) is 1. The molecule has 1 unspecified atom stereocenters. The molecule has 0 spiro atoms. The van der Waals surface area contributed by atoms with Crippen molar-refractivity contribution in [3.05, 3.63) is 20.8 Å². The molecule has 0 saturated carbocycles. The van der Waals surface area contributed by atoms with Crippen LogP contribution in [-0.2, 0) is 4.74 Å². The second-order valence-corrected chi connectivity index (χ2v) is 4.16. The van der Waals surface area contributed by atoms with Crippen LogP contribution < -0.4 is 21.7 Å². The van der Waals surface area contributed by atoms with Gasteiger partial charge in [0.15, 0.2) is 5.82 Å². The van der Waals surface area contributed by atoms with E-state index in [1.165, 1.54) is 7.11 Å². The van der Waals surface area contributed by atoms with Gasteiger partial charge in [-0.25, -0.2) is 9.36 Å². The lowest BCUT2D eigenvalue weighted by atomic mass is 10.2. The number of nitrogen functional groups attached to an aromatic ring is 1. The molecule has 106 valence electrons. The standard InChI is InChI=1S/C10H15N3O6/c1-18-7-8(11)13(10(17)12-9(7)16)6-2-4(15)5(3-14)19-6/h4-6,14-15H,2-3,11H2,1H3,(H,12,16,17)/t4?,5-,6-/m0/s1. The summed E-state index contributed by atoms with van der Waals surface area (Å²) in [5.41, 5.74) is 4.20. The van der Waals surface area contributed by atoms with E-state index in [0.717, 1.165) is 4.57 Å². The largest absolute Gasteiger partial charge is 0.489 e. The Morgan fingerprint density at radius 3 is 2.79 bits per heavy atom. The zero-order valence-electron chi connectivity index (χ0n) is 10.2. The van der Waals surface area contributed by atoms with E-state index in [1.54, 1.807) is 0 Å². The summed E-state index contributed by atoms with van der Waals surface area (Å²) in [7, 11) is 1.25. The Morgan fingerprint density at radius 1 is 1.58 bits per heavy atom. The number of aromatic amines is 1. The smallest absolute Gasteiger partial charge is 0.332 e. The van der Waals surface area contributed by atoms with Crippen LogP contribution in [0.3, 0.4) is 0 Å². The first-order chi connectivity index (χ1) is 8.99. The van der Waals surface area contributed by atoms with Gasteiger partial charge >= 0.3 is 5.69 Å². The molecule has 1 aliphatic rings. The van der Waals surface area contributed by atoms with Crippen LogP contribution in [0.5, 0.6) is 5.75 Å². The van der Waals surface area contributed by atoms with Crippen molar-refractivity contribution < 1.29 is 19.7 Å². The quantitative estimate of drug-likeness (QED) is 0.488. The molecule has 1 aliphatic heterocycles. The summed E-state index contributed by atoms with van der Waals surface area (Å²) < 4.78 is 11.1. The van der Waals surface area contributed by atoms with Crippen molar-refractivity contribution in [2.24, 2.45) is 0 Å². The summed E-state index contributed by atoms with van der Waals surface area (Å²) in [5, 5.41) is 18.6. The second-order valence-electron chi connectivity index (χ2n) is 4.16. The molecule has 1 aromatic heterocycles. The number of H-pyrrole nitrogens is 1. The molecule has 1 fully saturated rings. The number of hydrogen-bond donors (Lipinski definition) is 4. The fourth-order valence-electron chi connectivity index (χ4n) is 2.07. The Bertz CT molecular complexity index is 580.